The lowest BCUT2D eigenvalue weighted by molar-refractivity contribution is -0.120. The van der Waals surface area contributed by atoms with Crippen LogP contribution in [-0.4, -0.2) is 44.9 Å². The van der Waals surface area contributed by atoms with Crippen LogP contribution in [0.4, 0.5) is 20.2 Å². The molecule has 1 atom stereocenters. The Balaban J connectivity index is 1.73. The monoisotopic (exact) mass is 467 g/mol. The minimum Gasteiger partial charge on any atom is -0.494 e. The third-order valence-corrected chi connectivity index (χ3v) is 7.28. The molecule has 0 spiro atoms. The Kier molecular flexibility index (Phi) is 7.68. The van der Waals surface area contributed by atoms with Crippen molar-refractivity contribution in [2.45, 2.75) is 26.7 Å². The van der Waals surface area contributed by atoms with Crippen LogP contribution in [0.25, 0.3) is 0 Å². The van der Waals surface area contributed by atoms with Crippen LogP contribution in [0.3, 0.4) is 0 Å². The molecule has 1 amide bonds. The number of hydrogen-bond donors (Lipinski definition) is 1. The van der Waals surface area contributed by atoms with Gasteiger partial charge in [-0.2, -0.15) is 12.7 Å². The SMILES string of the molecule is CCOc1ccc(N(CC)S(=O)(=O)N2CCC[C@H](C(=O)Nc3ccc(F)cc3F)C2)cc1. The van der Waals surface area contributed by atoms with Gasteiger partial charge in [-0.15, -0.1) is 0 Å². The molecule has 7 nitrogen and oxygen atoms in total. The Morgan fingerprint density at radius 2 is 1.91 bits per heavy atom. The van der Waals surface area contributed by atoms with Crippen molar-refractivity contribution in [3.63, 3.8) is 0 Å². The van der Waals surface area contributed by atoms with E-state index in [0.29, 0.717) is 37.0 Å². The predicted octanol–water partition coefficient (Wildman–Crippen LogP) is 3.79. The standard InChI is InChI=1S/C22H27F2N3O4S/c1-3-27(18-8-10-19(11-9-18)31-4-2)32(29,30)26-13-5-6-16(15-26)22(28)25-21-12-7-17(23)14-20(21)24/h7-12,14,16H,3-6,13,15H2,1-2H3,(H,25,28)/t16-/m0/s1. The van der Waals surface area contributed by atoms with E-state index in [1.54, 1.807) is 31.2 Å². The van der Waals surface area contributed by atoms with Crippen LogP contribution >= 0.6 is 0 Å². The number of nitrogens with zero attached hydrogens (tertiary/aromatic N) is 2. The molecule has 0 radical (unpaired) electrons. The molecule has 1 saturated heterocycles. The van der Waals surface area contributed by atoms with Gasteiger partial charge in [0.05, 0.1) is 23.9 Å². The fourth-order valence-corrected chi connectivity index (χ4v) is 5.41. The quantitative estimate of drug-likeness (QED) is 0.641. The smallest absolute Gasteiger partial charge is 0.304 e. The summed E-state index contributed by atoms with van der Waals surface area (Å²) in [5, 5.41) is 2.44. The first-order valence-electron chi connectivity index (χ1n) is 10.5. The van der Waals surface area contributed by atoms with Crippen molar-refractivity contribution >= 4 is 27.5 Å². The van der Waals surface area contributed by atoms with E-state index >= 15 is 0 Å². The van der Waals surface area contributed by atoms with Gasteiger partial charge in [0.15, 0.2) is 0 Å². The fraction of sp³-hybridized carbons (Fsp3) is 0.409. The van der Waals surface area contributed by atoms with Crippen LogP contribution in [0.15, 0.2) is 42.5 Å². The van der Waals surface area contributed by atoms with E-state index in [1.807, 2.05) is 6.92 Å². The lowest BCUT2D eigenvalue weighted by Crippen LogP contribution is -2.50. The van der Waals surface area contributed by atoms with E-state index in [0.717, 1.165) is 12.1 Å². The molecule has 10 heteroatoms. The lowest BCUT2D eigenvalue weighted by atomic mass is 9.98. The lowest BCUT2D eigenvalue weighted by Gasteiger charge is -2.35. The van der Waals surface area contributed by atoms with Gasteiger partial charge in [0.1, 0.15) is 17.4 Å². The number of benzene rings is 2. The first kappa shape index (κ1) is 23.9. The molecule has 0 saturated carbocycles. The van der Waals surface area contributed by atoms with Crippen molar-refractivity contribution in [2.75, 3.05) is 35.9 Å². The van der Waals surface area contributed by atoms with Crippen molar-refractivity contribution in [1.82, 2.24) is 4.31 Å². The molecule has 0 unspecified atom stereocenters. The normalized spacial score (nSPS) is 17.1. The van der Waals surface area contributed by atoms with Gasteiger partial charge in [-0.1, -0.05) is 0 Å². The second kappa shape index (κ2) is 10.3. The molecule has 174 valence electrons. The van der Waals surface area contributed by atoms with Crippen molar-refractivity contribution in [3.8, 4) is 5.75 Å². The van der Waals surface area contributed by atoms with Crippen LogP contribution in [-0.2, 0) is 15.0 Å². The van der Waals surface area contributed by atoms with Gasteiger partial charge >= 0.3 is 10.2 Å². The summed E-state index contributed by atoms with van der Waals surface area (Å²) in [5.41, 5.74) is 0.358. The molecular formula is C22H27F2N3O4S. The number of nitrogens with one attached hydrogen (secondary N) is 1. The Hall–Kier alpha value is -2.72. The third kappa shape index (κ3) is 5.36. The highest BCUT2D eigenvalue weighted by atomic mass is 32.2. The number of carbonyl (C=O) groups excluding carboxylic acids is 1. The summed E-state index contributed by atoms with van der Waals surface area (Å²) >= 11 is 0. The first-order chi connectivity index (χ1) is 15.3. The zero-order valence-corrected chi connectivity index (χ0v) is 18.9. The Labute approximate surface area is 187 Å². The first-order valence-corrected chi connectivity index (χ1v) is 11.9. The predicted molar refractivity (Wildman–Crippen MR) is 119 cm³/mol. The fourth-order valence-electron chi connectivity index (χ4n) is 3.69. The minimum atomic E-state index is -3.88. The highest BCUT2D eigenvalue weighted by molar-refractivity contribution is 7.90. The summed E-state index contributed by atoms with van der Waals surface area (Å²) in [6.45, 7) is 4.58. The summed E-state index contributed by atoms with van der Waals surface area (Å²) in [6, 6.07) is 9.65. The summed E-state index contributed by atoms with van der Waals surface area (Å²) in [7, 11) is -3.88. The van der Waals surface area contributed by atoms with Crippen LogP contribution in [0.5, 0.6) is 5.75 Å². The van der Waals surface area contributed by atoms with Crippen LogP contribution in [0, 0.1) is 17.6 Å². The second-order valence-corrected chi connectivity index (χ2v) is 9.26. The van der Waals surface area contributed by atoms with Gasteiger partial charge in [0, 0.05) is 25.7 Å². The van der Waals surface area contributed by atoms with Crippen molar-refractivity contribution in [3.05, 3.63) is 54.1 Å². The molecule has 3 rings (SSSR count). The zero-order chi connectivity index (χ0) is 23.3. The van der Waals surface area contributed by atoms with Gasteiger partial charge < -0.3 is 10.1 Å². The average Bonchev–Trinajstić information content (AvgIpc) is 2.77. The van der Waals surface area contributed by atoms with Crippen LogP contribution in [0.1, 0.15) is 26.7 Å². The van der Waals surface area contributed by atoms with Crippen molar-refractivity contribution in [2.24, 2.45) is 5.92 Å². The number of carbonyl (C=O) groups is 1. The van der Waals surface area contributed by atoms with E-state index in [4.69, 9.17) is 4.74 Å². The molecule has 1 aliphatic heterocycles. The molecule has 32 heavy (non-hydrogen) atoms. The van der Waals surface area contributed by atoms with Crippen molar-refractivity contribution < 1.29 is 26.7 Å². The molecule has 0 aliphatic carbocycles. The zero-order valence-electron chi connectivity index (χ0n) is 18.1. The maximum atomic E-state index is 13.9. The van der Waals surface area contributed by atoms with Gasteiger partial charge in [-0.05, 0) is 63.1 Å². The molecule has 2 aromatic carbocycles. The van der Waals surface area contributed by atoms with Gasteiger partial charge in [-0.25, -0.2) is 8.78 Å². The van der Waals surface area contributed by atoms with E-state index in [9.17, 15) is 22.0 Å². The molecule has 0 aromatic heterocycles. The maximum Gasteiger partial charge on any atom is 0.304 e. The summed E-state index contributed by atoms with van der Waals surface area (Å²) in [5.74, 6) is -2.13. The molecule has 1 fully saturated rings. The number of piperidine rings is 1. The van der Waals surface area contributed by atoms with Crippen molar-refractivity contribution in [1.29, 1.82) is 0 Å². The number of rotatable bonds is 8. The molecular weight excluding hydrogens is 440 g/mol. The Bertz CT molecular complexity index is 1050. The molecule has 1 heterocycles. The van der Waals surface area contributed by atoms with E-state index in [-0.39, 0.29) is 25.3 Å². The molecule has 2 aromatic rings. The summed E-state index contributed by atoms with van der Waals surface area (Å²) in [6.07, 6.45) is 0.958. The maximum absolute atomic E-state index is 13.9. The molecule has 1 aliphatic rings. The van der Waals surface area contributed by atoms with Crippen LogP contribution < -0.4 is 14.4 Å². The number of amides is 1. The third-order valence-electron chi connectivity index (χ3n) is 5.27. The van der Waals surface area contributed by atoms with Crippen LogP contribution in [0.2, 0.25) is 0 Å². The van der Waals surface area contributed by atoms with E-state index in [2.05, 4.69) is 5.32 Å². The molecule has 1 N–H and O–H groups in total. The number of anilines is 2. The Morgan fingerprint density at radius 3 is 2.53 bits per heavy atom. The largest absolute Gasteiger partial charge is 0.494 e. The highest BCUT2D eigenvalue weighted by Crippen LogP contribution is 2.27. The number of hydrogen-bond acceptors (Lipinski definition) is 4. The number of ether oxygens (including phenoxy) is 1. The van der Waals surface area contributed by atoms with Gasteiger partial charge in [-0.3, -0.25) is 9.10 Å². The second-order valence-electron chi connectivity index (χ2n) is 7.41. The van der Waals surface area contributed by atoms with Gasteiger partial charge in [0.25, 0.3) is 0 Å². The highest BCUT2D eigenvalue weighted by Gasteiger charge is 2.36. The topological polar surface area (TPSA) is 79.0 Å². The average molecular weight is 468 g/mol. The number of halogens is 2. The summed E-state index contributed by atoms with van der Waals surface area (Å²) < 4.78 is 61.6. The van der Waals surface area contributed by atoms with E-state index < -0.39 is 33.7 Å². The minimum absolute atomic E-state index is 0.0233. The molecule has 0 bridgehead atoms. The van der Waals surface area contributed by atoms with Gasteiger partial charge in [0.2, 0.25) is 5.91 Å². The summed E-state index contributed by atoms with van der Waals surface area (Å²) in [4.78, 5) is 12.7. The van der Waals surface area contributed by atoms with E-state index in [1.165, 1.54) is 8.61 Å². The Morgan fingerprint density at radius 1 is 1.19 bits per heavy atom.